The van der Waals surface area contributed by atoms with Crippen LogP contribution in [0.25, 0.3) is 38.7 Å². The number of benzene rings is 6. The summed E-state index contributed by atoms with van der Waals surface area (Å²) in [5, 5.41) is 4.98. The molecule has 6 rings (SSSR count). The average molecular weight is 448 g/mol. The quantitative estimate of drug-likeness (QED) is 0.254. The largest absolute Gasteiger partial charge is 0.310 e. The van der Waals surface area contributed by atoms with Crippen LogP contribution in [0.4, 0.5) is 17.1 Å². The van der Waals surface area contributed by atoms with Crippen molar-refractivity contribution < 1.29 is 0 Å². The Bertz CT molecular complexity index is 1630. The van der Waals surface area contributed by atoms with Gasteiger partial charge in [-0.3, -0.25) is 0 Å². The van der Waals surface area contributed by atoms with E-state index in [9.17, 15) is 0 Å². The molecule has 0 fully saturated rings. The molecule has 0 radical (unpaired) electrons. The third kappa shape index (κ3) is 3.88. The number of fused-ring (bicyclic) bond motifs is 2. The Morgan fingerprint density at radius 2 is 1.03 bits per heavy atom. The van der Waals surface area contributed by atoms with Gasteiger partial charge in [0.15, 0.2) is 0 Å². The molecule has 0 aromatic heterocycles. The first kappa shape index (κ1) is 20.9. The van der Waals surface area contributed by atoms with Gasteiger partial charge in [0.1, 0.15) is 0 Å². The van der Waals surface area contributed by atoms with Crippen LogP contribution in [-0.2, 0) is 0 Å². The maximum absolute atomic E-state index is 3.91. The topological polar surface area (TPSA) is 3.24 Å². The van der Waals surface area contributed by atoms with Gasteiger partial charge >= 0.3 is 0 Å². The number of hydrogen-bond donors (Lipinski definition) is 0. The Balaban J connectivity index is 1.50. The predicted octanol–water partition coefficient (Wildman–Crippen LogP) is 9.77. The van der Waals surface area contributed by atoms with Crippen LogP contribution in [0.2, 0.25) is 0 Å². The summed E-state index contributed by atoms with van der Waals surface area (Å²) < 4.78 is 0. The molecule has 0 amide bonds. The van der Waals surface area contributed by atoms with Gasteiger partial charge in [0.05, 0.1) is 5.69 Å². The third-order valence-corrected chi connectivity index (χ3v) is 6.62. The van der Waals surface area contributed by atoms with E-state index in [-0.39, 0.29) is 0 Å². The monoisotopic (exact) mass is 447 g/mol. The lowest BCUT2D eigenvalue weighted by Gasteiger charge is -2.27. The zero-order valence-electron chi connectivity index (χ0n) is 19.4. The number of rotatable bonds is 5. The minimum Gasteiger partial charge on any atom is -0.310 e. The van der Waals surface area contributed by atoms with Crippen LogP contribution in [0.5, 0.6) is 0 Å². The molecule has 0 aliphatic heterocycles. The van der Waals surface area contributed by atoms with Crippen molar-refractivity contribution >= 4 is 44.7 Å². The lowest BCUT2D eigenvalue weighted by molar-refractivity contribution is 1.30. The smallest absolute Gasteiger partial charge is 0.0540 e. The number of nitrogens with zero attached hydrogens (tertiary/aromatic N) is 1. The number of hydrogen-bond acceptors (Lipinski definition) is 1. The molecule has 0 saturated heterocycles. The minimum absolute atomic E-state index is 1.11. The van der Waals surface area contributed by atoms with Crippen molar-refractivity contribution in [3.05, 3.63) is 146 Å². The molecular formula is C34H25N. The highest BCUT2D eigenvalue weighted by Crippen LogP contribution is 2.40. The zero-order chi connectivity index (χ0) is 23.6. The van der Waals surface area contributed by atoms with Crippen LogP contribution in [0.3, 0.4) is 0 Å². The van der Waals surface area contributed by atoms with E-state index in [4.69, 9.17) is 0 Å². The molecule has 166 valence electrons. The van der Waals surface area contributed by atoms with Crippen molar-refractivity contribution in [2.45, 2.75) is 0 Å². The van der Waals surface area contributed by atoms with Crippen molar-refractivity contribution in [3.8, 4) is 11.1 Å². The highest BCUT2D eigenvalue weighted by molar-refractivity contribution is 6.00. The normalized spacial score (nSPS) is 11.0. The van der Waals surface area contributed by atoms with Crippen LogP contribution in [-0.4, -0.2) is 0 Å². The summed E-state index contributed by atoms with van der Waals surface area (Å²) in [5.74, 6) is 0. The van der Waals surface area contributed by atoms with Gasteiger partial charge in [0.25, 0.3) is 0 Å². The van der Waals surface area contributed by atoms with Gasteiger partial charge in [-0.05, 0) is 63.2 Å². The van der Waals surface area contributed by atoms with Gasteiger partial charge in [-0.25, -0.2) is 0 Å². The molecule has 0 atom stereocenters. The highest BCUT2D eigenvalue weighted by Gasteiger charge is 2.15. The summed E-state index contributed by atoms with van der Waals surface area (Å²) in [7, 11) is 0. The first-order valence-corrected chi connectivity index (χ1v) is 11.9. The maximum atomic E-state index is 3.91. The van der Waals surface area contributed by atoms with E-state index in [2.05, 4.69) is 145 Å². The van der Waals surface area contributed by atoms with Gasteiger partial charge in [0.2, 0.25) is 0 Å². The fraction of sp³-hybridized carbons (Fsp3) is 0. The van der Waals surface area contributed by atoms with Gasteiger partial charge in [0, 0.05) is 16.8 Å². The lowest BCUT2D eigenvalue weighted by atomic mass is 9.98. The Hall–Kier alpha value is -4.62. The molecule has 0 spiro atoms. The Kier molecular flexibility index (Phi) is 5.37. The second kappa shape index (κ2) is 8.96. The summed E-state index contributed by atoms with van der Waals surface area (Å²) in [4.78, 5) is 2.34. The summed E-state index contributed by atoms with van der Waals surface area (Å²) in [5.41, 5.74) is 6.97. The summed E-state index contributed by atoms with van der Waals surface area (Å²) in [6, 6.07) is 47.6. The molecule has 0 bridgehead atoms. The lowest BCUT2D eigenvalue weighted by Crippen LogP contribution is -2.10. The van der Waals surface area contributed by atoms with Crippen molar-refractivity contribution in [3.63, 3.8) is 0 Å². The molecule has 0 aliphatic carbocycles. The van der Waals surface area contributed by atoms with Gasteiger partial charge in [-0.2, -0.15) is 0 Å². The summed E-state index contributed by atoms with van der Waals surface area (Å²) in [6.45, 7) is 3.91. The predicted molar refractivity (Wildman–Crippen MR) is 152 cm³/mol. The average Bonchev–Trinajstić information content (AvgIpc) is 2.94. The minimum atomic E-state index is 1.11. The standard InChI is InChI=1S/C34H25N/c1-2-25-17-21-29(22-18-25)35(34-16-8-12-27-10-4-6-14-33(27)34)30-23-19-28(20-24-30)32-15-7-11-26-9-3-5-13-31(26)32/h2-24H,1H2. The summed E-state index contributed by atoms with van der Waals surface area (Å²) >= 11 is 0. The molecule has 0 N–H and O–H groups in total. The molecule has 6 aromatic carbocycles. The van der Waals surface area contributed by atoms with E-state index >= 15 is 0 Å². The van der Waals surface area contributed by atoms with Gasteiger partial charge in [-0.1, -0.05) is 116 Å². The molecule has 6 aromatic rings. The van der Waals surface area contributed by atoms with E-state index in [1.54, 1.807) is 0 Å². The first-order chi connectivity index (χ1) is 17.3. The second-order valence-corrected chi connectivity index (χ2v) is 8.70. The van der Waals surface area contributed by atoms with Crippen LogP contribution in [0, 0.1) is 0 Å². The van der Waals surface area contributed by atoms with E-state index in [1.165, 1.54) is 32.7 Å². The molecule has 0 aliphatic rings. The molecule has 1 nitrogen and oxygen atoms in total. The third-order valence-electron chi connectivity index (χ3n) is 6.62. The number of anilines is 3. The molecule has 1 heteroatoms. The van der Waals surface area contributed by atoms with Crippen LogP contribution >= 0.6 is 0 Å². The Labute approximate surface area is 206 Å². The van der Waals surface area contributed by atoms with Crippen LogP contribution in [0.1, 0.15) is 5.56 Å². The van der Waals surface area contributed by atoms with Crippen LogP contribution in [0.15, 0.2) is 140 Å². The fourth-order valence-electron chi connectivity index (χ4n) is 4.86. The van der Waals surface area contributed by atoms with E-state index in [0.29, 0.717) is 0 Å². The fourth-order valence-corrected chi connectivity index (χ4v) is 4.86. The highest BCUT2D eigenvalue weighted by atomic mass is 15.1. The van der Waals surface area contributed by atoms with Crippen molar-refractivity contribution in [2.24, 2.45) is 0 Å². The molecular weight excluding hydrogens is 422 g/mol. The molecule has 0 heterocycles. The SMILES string of the molecule is C=Cc1ccc(N(c2ccc(-c3cccc4ccccc34)cc2)c2cccc3ccccc23)cc1. The Morgan fingerprint density at radius 1 is 0.486 bits per heavy atom. The second-order valence-electron chi connectivity index (χ2n) is 8.70. The van der Waals surface area contributed by atoms with E-state index in [0.717, 1.165) is 22.6 Å². The molecule has 0 unspecified atom stereocenters. The Morgan fingerprint density at radius 3 is 1.71 bits per heavy atom. The van der Waals surface area contributed by atoms with Crippen molar-refractivity contribution in [1.29, 1.82) is 0 Å². The van der Waals surface area contributed by atoms with Gasteiger partial charge < -0.3 is 4.90 Å². The summed E-state index contributed by atoms with van der Waals surface area (Å²) in [6.07, 6.45) is 1.88. The van der Waals surface area contributed by atoms with Gasteiger partial charge in [-0.15, -0.1) is 0 Å². The van der Waals surface area contributed by atoms with Crippen LogP contribution < -0.4 is 4.90 Å². The first-order valence-electron chi connectivity index (χ1n) is 11.9. The van der Waals surface area contributed by atoms with E-state index < -0.39 is 0 Å². The maximum Gasteiger partial charge on any atom is 0.0540 e. The molecule has 35 heavy (non-hydrogen) atoms. The molecule has 0 saturated carbocycles. The van der Waals surface area contributed by atoms with E-state index in [1.807, 2.05) is 6.08 Å². The zero-order valence-corrected chi connectivity index (χ0v) is 19.4. The van der Waals surface area contributed by atoms with Crippen molar-refractivity contribution in [2.75, 3.05) is 4.90 Å². The van der Waals surface area contributed by atoms with Crippen molar-refractivity contribution in [1.82, 2.24) is 0 Å².